The standard InChI is InChI=1S/C19H16N2/c1-13-16(12-15-7-3-5-9-18(15)20-13)19-11-10-14-6-2-4-8-17(14)21-19/h2-13,20H,1H3. The SMILES string of the molecule is CC1Nc2ccccc2C=C1c1ccc2ccccc2n1. The number of hydrogen-bond acceptors (Lipinski definition) is 2. The molecule has 1 N–H and O–H groups in total. The van der Waals surface area contributed by atoms with Crippen molar-refractivity contribution in [2.75, 3.05) is 5.32 Å². The third-order valence-electron chi connectivity index (χ3n) is 4.00. The van der Waals surface area contributed by atoms with E-state index < -0.39 is 0 Å². The maximum Gasteiger partial charge on any atom is 0.0709 e. The van der Waals surface area contributed by atoms with Gasteiger partial charge < -0.3 is 5.32 Å². The van der Waals surface area contributed by atoms with Crippen molar-refractivity contribution in [2.24, 2.45) is 0 Å². The van der Waals surface area contributed by atoms with Gasteiger partial charge in [0.25, 0.3) is 0 Å². The Balaban J connectivity index is 1.86. The van der Waals surface area contributed by atoms with E-state index in [1.54, 1.807) is 0 Å². The van der Waals surface area contributed by atoms with Crippen LogP contribution in [0.25, 0.3) is 22.6 Å². The number of rotatable bonds is 1. The molecule has 2 heterocycles. The molecular formula is C19H16N2. The molecule has 102 valence electrons. The number of pyridine rings is 1. The van der Waals surface area contributed by atoms with Gasteiger partial charge in [0.2, 0.25) is 0 Å². The number of benzene rings is 2. The van der Waals surface area contributed by atoms with Crippen LogP contribution in [-0.2, 0) is 0 Å². The third kappa shape index (κ3) is 2.09. The number of para-hydroxylation sites is 2. The molecule has 1 aliphatic rings. The second kappa shape index (κ2) is 4.74. The van der Waals surface area contributed by atoms with E-state index in [0.29, 0.717) is 0 Å². The Bertz CT molecular complexity index is 849. The third-order valence-corrected chi connectivity index (χ3v) is 4.00. The second-order valence-corrected chi connectivity index (χ2v) is 5.44. The molecule has 21 heavy (non-hydrogen) atoms. The normalized spacial score (nSPS) is 17.0. The maximum absolute atomic E-state index is 4.81. The maximum atomic E-state index is 4.81. The van der Waals surface area contributed by atoms with Gasteiger partial charge in [0.05, 0.1) is 17.3 Å². The molecule has 1 aliphatic heterocycles. The molecule has 0 radical (unpaired) electrons. The van der Waals surface area contributed by atoms with Crippen LogP contribution in [0.3, 0.4) is 0 Å². The molecule has 0 fully saturated rings. The van der Waals surface area contributed by atoms with Gasteiger partial charge >= 0.3 is 0 Å². The summed E-state index contributed by atoms with van der Waals surface area (Å²) in [4.78, 5) is 4.81. The van der Waals surface area contributed by atoms with Crippen LogP contribution < -0.4 is 5.32 Å². The summed E-state index contributed by atoms with van der Waals surface area (Å²) in [6, 6.07) is 21.1. The largest absolute Gasteiger partial charge is 0.378 e. The quantitative estimate of drug-likeness (QED) is 0.701. The van der Waals surface area contributed by atoms with E-state index >= 15 is 0 Å². The molecule has 1 unspecified atom stereocenters. The predicted octanol–water partition coefficient (Wildman–Crippen LogP) is 4.59. The smallest absolute Gasteiger partial charge is 0.0709 e. The molecular weight excluding hydrogens is 256 g/mol. The van der Waals surface area contributed by atoms with Crippen LogP contribution in [0.1, 0.15) is 18.2 Å². The van der Waals surface area contributed by atoms with Crippen LogP contribution in [0.15, 0.2) is 60.7 Å². The Morgan fingerprint density at radius 1 is 0.905 bits per heavy atom. The Morgan fingerprint density at radius 2 is 1.71 bits per heavy atom. The van der Waals surface area contributed by atoms with Crippen LogP contribution in [0, 0.1) is 0 Å². The van der Waals surface area contributed by atoms with Crippen molar-refractivity contribution in [2.45, 2.75) is 13.0 Å². The highest BCUT2D eigenvalue weighted by Gasteiger charge is 2.18. The number of aromatic nitrogens is 1. The lowest BCUT2D eigenvalue weighted by Crippen LogP contribution is -2.21. The Morgan fingerprint density at radius 3 is 2.67 bits per heavy atom. The number of fused-ring (bicyclic) bond motifs is 2. The first-order valence-electron chi connectivity index (χ1n) is 7.24. The highest BCUT2D eigenvalue weighted by Crippen LogP contribution is 2.32. The lowest BCUT2D eigenvalue weighted by atomic mass is 9.95. The molecule has 1 atom stereocenters. The minimum atomic E-state index is 0.258. The molecule has 2 heteroatoms. The highest BCUT2D eigenvalue weighted by atomic mass is 14.9. The lowest BCUT2D eigenvalue weighted by Gasteiger charge is -2.25. The number of nitrogens with zero attached hydrogens (tertiary/aromatic N) is 1. The zero-order chi connectivity index (χ0) is 14.2. The topological polar surface area (TPSA) is 24.9 Å². The molecule has 2 aromatic carbocycles. The van der Waals surface area contributed by atoms with Crippen molar-refractivity contribution in [1.29, 1.82) is 0 Å². The molecule has 0 amide bonds. The second-order valence-electron chi connectivity index (χ2n) is 5.44. The molecule has 0 bridgehead atoms. The van der Waals surface area contributed by atoms with Crippen molar-refractivity contribution >= 4 is 28.2 Å². The lowest BCUT2D eigenvalue weighted by molar-refractivity contribution is 1.00. The first-order chi connectivity index (χ1) is 10.3. The summed E-state index contributed by atoms with van der Waals surface area (Å²) < 4.78 is 0. The Hall–Kier alpha value is -2.61. The van der Waals surface area contributed by atoms with Gasteiger partial charge in [-0.2, -0.15) is 0 Å². The van der Waals surface area contributed by atoms with Crippen molar-refractivity contribution in [3.8, 4) is 0 Å². The summed E-state index contributed by atoms with van der Waals surface area (Å²) in [5.74, 6) is 0. The summed E-state index contributed by atoms with van der Waals surface area (Å²) in [5.41, 5.74) is 5.74. The molecule has 4 rings (SSSR count). The van der Waals surface area contributed by atoms with E-state index in [0.717, 1.165) is 11.2 Å². The van der Waals surface area contributed by atoms with Gasteiger partial charge in [0.1, 0.15) is 0 Å². The average molecular weight is 272 g/mol. The summed E-state index contributed by atoms with van der Waals surface area (Å²) in [7, 11) is 0. The number of anilines is 1. The summed E-state index contributed by atoms with van der Waals surface area (Å²) >= 11 is 0. The minimum absolute atomic E-state index is 0.258. The summed E-state index contributed by atoms with van der Waals surface area (Å²) in [6.45, 7) is 2.18. The molecule has 0 saturated carbocycles. The molecule has 1 aromatic heterocycles. The first-order valence-corrected chi connectivity index (χ1v) is 7.24. The van der Waals surface area contributed by atoms with Gasteiger partial charge in [-0.05, 0) is 36.8 Å². The van der Waals surface area contributed by atoms with E-state index in [1.165, 1.54) is 22.2 Å². The zero-order valence-corrected chi connectivity index (χ0v) is 11.9. The summed E-state index contributed by atoms with van der Waals surface area (Å²) in [5, 5.41) is 4.73. The van der Waals surface area contributed by atoms with Crippen LogP contribution in [-0.4, -0.2) is 11.0 Å². The number of hydrogen-bond donors (Lipinski definition) is 1. The van der Waals surface area contributed by atoms with E-state index in [-0.39, 0.29) is 6.04 Å². The van der Waals surface area contributed by atoms with E-state index in [4.69, 9.17) is 4.98 Å². The number of nitrogens with one attached hydrogen (secondary N) is 1. The average Bonchev–Trinajstić information content (AvgIpc) is 2.54. The Labute approximate surface area is 124 Å². The van der Waals surface area contributed by atoms with Gasteiger partial charge in [-0.15, -0.1) is 0 Å². The molecule has 0 aliphatic carbocycles. The van der Waals surface area contributed by atoms with Crippen LogP contribution in [0.4, 0.5) is 5.69 Å². The van der Waals surface area contributed by atoms with E-state index in [1.807, 2.05) is 12.1 Å². The van der Waals surface area contributed by atoms with Gasteiger partial charge in [-0.25, -0.2) is 4.98 Å². The van der Waals surface area contributed by atoms with Crippen LogP contribution in [0.5, 0.6) is 0 Å². The van der Waals surface area contributed by atoms with Crippen LogP contribution in [0.2, 0.25) is 0 Å². The van der Waals surface area contributed by atoms with Gasteiger partial charge in [0.15, 0.2) is 0 Å². The van der Waals surface area contributed by atoms with Crippen molar-refractivity contribution in [3.05, 3.63) is 71.9 Å². The van der Waals surface area contributed by atoms with Crippen molar-refractivity contribution in [3.63, 3.8) is 0 Å². The fourth-order valence-electron chi connectivity index (χ4n) is 2.88. The molecule has 3 aromatic rings. The van der Waals surface area contributed by atoms with Gasteiger partial charge in [-0.1, -0.05) is 42.5 Å². The monoisotopic (exact) mass is 272 g/mol. The van der Waals surface area contributed by atoms with Crippen molar-refractivity contribution < 1.29 is 0 Å². The minimum Gasteiger partial charge on any atom is -0.378 e. The molecule has 0 saturated heterocycles. The highest BCUT2D eigenvalue weighted by molar-refractivity contribution is 5.92. The Kier molecular flexibility index (Phi) is 2.74. The molecule has 0 spiro atoms. The van der Waals surface area contributed by atoms with E-state index in [2.05, 4.69) is 66.8 Å². The fraction of sp³-hybridized carbons (Fsp3) is 0.105. The zero-order valence-electron chi connectivity index (χ0n) is 11.9. The van der Waals surface area contributed by atoms with Crippen LogP contribution >= 0.6 is 0 Å². The van der Waals surface area contributed by atoms with Crippen molar-refractivity contribution in [1.82, 2.24) is 4.98 Å². The van der Waals surface area contributed by atoms with E-state index in [9.17, 15) is 0 Å². The fourth-order valence-corrected chi connectivity index (χ4v) is 2.88. The van der Waals surface area contributed by atoms with Gasteiger partial charge in [-0.3, -0.25) is 0 Å². The van der Waals surface area contributed by atoms with Gasteiger partial charge in [0, 0.05) is 16.6 Å². The molecule has 2 nitrogen and oxygen atoms in total. The predicted molar refractivity (Wildman–Crippen MR) is 89.1 cm³/mol. The first kappa shape index (κ1) is 12.2. The summed E-state index contributed by atoms with van der Waals surface area (Å²) in [6.07, 6.45) is 2.24.